The molecule has 2 aliphatic rings. The highest BCUT2D eigenvalue weighted by Gasteiger charge is 2.35. The number of aryl methyl sites for hydroxylation is 14. The average Bonchev–Trinajstić information content (AvgIpc) is 1.58. The quantitative estimate of drug-likeness (QED) is 0.122. The lowest BCUT2D eigenvalue weighted by atomic mass is 10.2. The molecule has 30 heteroatoms. The first-order valence-electron chi connectivity index (χ1n) is 43.5. The maximum Gasteiger partial charge on any atom is 0.342 e. The largest absolute Gasteiger partial charge is 0.342 e. The average molecular weight is 1640 g/mol. The van der Waals surface area contributed by atoms with Gasteiger partial charge >= 0.3 is 17.5 Å². The van der Waals surface area contributed by atoms with Crippen LogP contribution in [0, 0.1) is 41.4 Å². The van der Waals surface area contributed by atoms with Crippen LogP contribution in [0.1, 0.15) is 56.2 Å². The predicted molar refractivity (Wildman–Crippen MR) is 469 cm³/mol. The monoisotopic (exact) mass is 1640 g/mol. The second-order valence-electron chi connectivity index (χ2n) is 31.5. The van der Waals surface area contributed by atoms with Crippen LogP contribution >= 0.6 is 0 Å². The fraction of sp³-hybridized carbons (Fsp3) is 0.272. The number of rotatable bonds is 10. The zero-order chi connectivity index (χ0) is 90.9. The van der Waals surface area contributed by atoms with Gasteiger partial charge in [0, 0.05) is 169 Å². The zero-order valence-corrected chi connectivity index (χ0v) is 73.1. The molecule has 0 aliphatic carbocycles. The smallest absolute Gasteiger partial charge is 0.339 e. The van der Waals surface area contributed by atoms with Gasteiger partial charge in [0.2, 0.25) is 47.5 Å². The molecule has 30 nitrogen and oxygen atoms in total. The number of aromatic nitrogens is 26. The van der Waals surface area contributed by atoms with Gasteiger partial charge in [0.1, 0.15) is 40.9 Å². The van der Waals surface area contributed by atoms with Gasteiger partial charge < -0.3 is 32.6 Å². The fourth-order valence-corrected chi connectivity index (χ4v) is 17.3. The molecule has 0 bridgehead atoms. The van der Waals surface area contributed by atoms with Gasteiger partial charge in [-0.05, 0) is 142 Å². The zero-order valence-electron chi connectivity index (χ0n) is 79.1. The minimum Gasteiger partial charge on any atom is -0.339 e. The van der Waals surface area contributed by atoms with Crippen molar-refractivity contribution in [3.05, 3.63) is 273 Å². The lowest BCUT2D eigenvalue weighted by Crippen LogP contribution is -2.45. The van der Waals surface area contributed by atoms with E-state index < -0.39 is 13.7 Å². The van der Waals surface area contributed by atoms with E-state index in [-0.39, 0.29) is 17.6 Å². The minimum absolute atomic E-state index is 0.158. The summed E-state index contributed by atoms with van der Waals surface area (Å²) in [5.41, 5.74) is 16.6. The number of anilines is 2. The molecular formula is C92H110N30+8. The van der Waals surface area contributed by atoms with Crippen LogP contribution in [0.15, 0.2) is 239 Å². The summed E-state index contributed by atoms with van der Waals surface area (Å²) in [5, 5.41) is 0. The van der Waals surface area contributed by atoms with E-state index in [9.17, 15) is 0 Å². The van der Waals surface area contributed by atoms with Crippen LogP contribution in [-0.4, -0.2) is 120 Å². The Morgan fingerprint density at radius 1 is 0.344 bits per heavy atom. The number of para-hydroxylation sites is 2. The summed E-state index contributed by atoms with van der Waals surface area (Å²) in [4.78, 5) is 31.4. The molecule has 0 radical (unpaired) electrons. The van der Waals surface area contributed by atoms with Gasteiger partial charge in [0.25, 0.3) is 11.6 Å². The fourth-order valence-electron chi connectivity index (χ4n) is 17.3. The van der Waals surface area contributed by atoms with Gasteiger partial charge in [-0.25, -0.2) is 57.6 Å². The van der Waals surface area contributed by atoms with Crippen LogP contribution in [0.5, 0.6) is 0 Å². The van der Waals surface area contributed by atoms with Crippen molar-refractivity contribution < 1.29 is 45.1 Å². The lowest BCUT2D eigenvalue weighted by Gasteiger charge is -2.22. The number of pyridine rings is 5. The topological polar surface area (TPSA) is 170 Å². The Hall–Kier alpha value is -14.7. The third kappa shape index (κ3) is 13.2. The Labute approximate surface area is 717 Å². The number of hydrogen-bond donors (Lipinski definition) is 0. The van der Waals surface area contributed by atoms with Crippen LogP contribution in [0.2, 0.25) is 0 Å². The first kappa shape index (κ1) is 72.5. The number of benzene rings is 1. The predicted octanol–water partition coefficient (Wildman–Crippen LogP) is 8.81. The van der Waals surface area contributed by atoms with E-state index in [1.165, 1.54) is 0 Å². The molecule has 18 aromatic heterocycles. The van der Waals surface area contributed by atoms with Gasteiger partial charge in [0.15, 0.2) is 80.5 Å². The molecule has 20 heterocycles. The Morgan fingerprint density at radius 2 is 0.705 bits per heavy atom. The number of nitrogens with zero attached hydrogens (tertiary/aromatic N) is 30. The van der Waals surface area contributed by atoms with E-state index in [0.29, 0.717) is 29.1 Å². The molecule has 0 saturated heterocycles. The second-order valence-corrected chi connectivity index (χ2v) is 31.5. The molecular weight excluding hydrogens is 1530 g/mol. The highest BCUT2D eigenvalue weighted by Crippen LogP contribution is 2.33. The molecule has 0 fully saturated rings. The summed E-state index contributed by atoms with van der Waals surface area (Å²) < 4.78 is 90.3. The first-order valence-corrected chi connectivity index (χ1v) is 40.5. The minimum atomic E-state index is -2.23. The summed E-state index contributed by atoms with van der Waals surface area (Å²) in [6.45, 7) is 7.56. The van der Waals surface area contributed by atoms with E-state index in [1.54, 1.807) is 0 Å². The molecule has 0 spiro atoms. The van der Waals surface area contributed by atoms with Gasteiger partial charge in [-0.15, -0.1) is 0 Å². The Bertz CT molecular complexity index is 7540. The number of imidazole rings is 10. The van der Waals surface area contributed by atoms with Gasteiger partial charge in [0.05, 0.1) is 87.2 Å². The van der Waals surface area contributed by atoms with Crippen molar-refractivity contribution >= 4 is 51.6 Å². The van der Waals surface area contributed by atoms with Gasteiger partial charge in [-0.2, -0.15) is 0 Å². The third-order valence-electron chi connectivity index (χ3n) is 24.5. The van der Waals surface area contributed by atoms with Crippen LogP contribution in [0.25, 0.3) is 114 Å². The van der Waals surface area contributed by atoms with Crippen molar-refractivity contribution in [1.82, 2.24) is 93.6 Å². The van der Waals surface area contributed by atoms with Crippen LogP contribution in [0.3, 0.4) is 0 Å². The molecule has 0 unspecified atom stereocenters. The van der Waals surface area contributed by atoms with E-state index in [4.69, 9.17) is 13.2 Å². The maximum absolute atomic E-state index is 7.76. The van der Waals surface area contributed by atoms with Crippen molar-refractivity contribution in [3.63, 3.8) is 0 Å². The number of hydrogen-bond acceptors (Lipinski definition) is 9. The van der Waals surface area contributed by atoms with Crippen LogP contribution in [0.4, 0.5) is 11.6 Å². The number of fused-ring (bicyclic) bond motifs is 7. The molecule has 19 aromatic rings. The molecule has 2 aliphatic heterocycles. The molecule has 0 N–H and O–H groups in total. The Balaban J connectivity index is 0.000000113. The van der Waals surface area contributed by atoms with Crippen LogP contribution < -0.4 is 46.7 Å². The van der Waals surface area contributed by atoms with E-state index in [2.05, 4.69) is 333 Å². The van der Waals surface area contributed by atoms with Crippen molar-refractivity contribution in [2.24, 2.45) is 91.6 Å². The molecule has 620 valence electrons. The summed E-state index contributed by atoms with van der Waals surface area (Å²) in [6, 6.07) is 45.8. The summed E-state index contributed by atoms with van der Waals surface area (Å²) in [6.07, 6.45) is 35.1. The molecule has 0 amide bonds. The van der Waals surface area contributed by atoms with Gasteiger partial charge in [-0.1, -0.05) is 12.1 Å². The highest BCUT2D eigenvalue weighted by atomic mass is 15.4. The Morgan fingerprint density at radius 3 is 1.07 bits per heavy atom. The van der Waals surface area contributed by atoms with Crippen molar-refractivity contribution in [3.8, 4) is 74.4 Å². The maximum atomic E-state index is 7.76. The molecule has 2 atom stereocenters. The van der Waals surface area contributed by atoms with E-state index >= 15 is 0 Å². The molecule has 0 saturated carbocycles. The van der Waals surface area contributed by atoms with Gasteiger partial charge in [-0.3, -0.25) is 22.0 Å². The molecule has 1 aromatic carbocycles. The SMILES string of the molecule is C[C@H]1N(C)C=CN1c1cccc(-c2cn3ccnc3n2C)[n+]1C.Cn1c(-c2cccc(-n3ccc[n+]3C)[n+]2C)cn2c3ccccc3nc12.Cn1c(-c2cccc(-n3ccc[n+]3C)[n+]2C)cn2ccnc12.[2H]C([2H])([2H])c1nc2n(C)c(-c3cccc(-n4ccc[n+]4C)[n+]3C)c(C)n2c1C.[2H]C([2H])([2H])c1nc2n(C)c(-c3cccc(N4C=CN(C)[C@@H]4C)[n+]3C)c(C)n2c1C. The second kappa shape index (κ2) is 31.2. The van der Waals surface area contributed by atoms with E-state index in [1.807, 2.05) is 188 Å². The molecule has 122 heavy (non-hydrogen) atoms. The highest BCUT2D eigenvalue weighted by molar-refractivity contribution is 5.81. The van der Waals surface area contributed by atoms with E-state index in [0.717, 1.165) is 126 Å². The first-order chi connectivity index (χ1) is 61.0. The summed E-state index contributed by atoms with van der Waals surface area (Å²) in [7, 11) is 30.6. The normalized spacial score (nSPS) is 14.8. The van der Waals surface area contributed by atoms with Crippen molar-refractivity contribution in [1.29, 1.82) is 0 Å². The summed E-state index contributed by atoms with van der Waals surface area (Å²) in [5.74, 6) is 9.55. The molecule has 21 rings (SSSR count). The third-order valence-corrected chi connectivity index (χ3v) is 24.5. The summed E-state index contributed by atoms with van der Waals surface area (Å²) >= 11 is 0. The lowest BCUT2D eigenvalue weighted by molar-refractivity contribution is -0.763. The van der Waals surface area contributed by atoms with Crippen LogP contribution in [-0.2, 0) is 91.6 Å². The van der Waals surface area contributed by atoms with Crippen molar-refractivity contribution in [2.75, 3.05) is 23.9 Å². The van der Waals surface area contributed by atoms with Crippen molar-refractivity contribution in [2.45, 2.75) is 67.6 Å². The standard InChI is InChI=1S/C20H20N6.C20H27N6.C19H24N6.C17H21N6.C16H18N6/c1-22-12-7-13-26(22)19-11-6-10-17(23(19)2)18-14-25-16-9-5-4-8-15(16)21-20(25)24(18)3;1-13-14(2)26-15(3)19(24(7)20(26)21-13)17-9-8-10-18(23(17)6)25-12-11-22(5)16(25)4;1-13-14(2)25-15(3)18(23(6)19(25)20-13)16-9-7-10-17(22(16)5)24-12-8-11-21(24)4;1-13-19(2)10-11-23(13)16-7-5-6-14(20(16)3)15-12-22-9-8-18-17(22)21(15)4;1-18-9-5-10-22(18)15-7-4-6-13(19(15)2)14-12-21-11-8-17-16(21)20(14)3/h4-14H,1-3H3;8-12,16H,1-7H3;7-12H,1-6H3;5-13H,1-4H3;4-12H,1-3H3/q+2;+1;+2;+1;+2/t;16-;;13-;/m.0.0./s1/i;2*1D3;;. The Kier molecular flexibility index (Phi) is 18.6.